The van der Waals surface area contributed by atoms with Crippen LogP contribution < -0.4 is 10.5 Å². The molecule has 5 nitrogen and oxygen atoms in total. The Kier molecular flexibility index (Phi) is 6.29. The standard InChI is InChI=1S/C14H23N3O2/c1-4-17(5-2)14(18)10-19-13-7-6-12(16-9-13)8-11(3)15/h6-7,9,11H,4-5,8,10,15H2,1-3H3. The van der Waals surface area contributed by atoms with Crippen molar-refractivity contribution in [1.82, 2.24) is 9.88 Å². The maximum Gasteiger partial charge on any atom is 0.260 e. The second-order valence-corrected chi connectivity index (χ2v) is 4.52. The Morgan fingerprint density at radius 3 is 2.58 bits per heavy atom. The van der Waals surface area contributed by atoms with Crippen molar-refractivity contribution in [1.29, 1.82) is 0 Å². The number of nitrogens with two attached hydrogens (primary N) is 1. The largest absolute Gasteiger partial charge is 0.482 e. The van der Waals surface area contributed by atoms with E-state index in [0.717, 1.165) is 12.1 Å². The van der Waals surface area contributed by atoms with E-state index < -0.39 is 0 Å². The molecule has 0 radical (unpaired) electrons. The number of carbonyl (C=O) groups excluding carboxylic acids is 1. The number of nitrogens with zero attached hydrogens (tertiary/aromatic N) is 2. The fraction of sp³-hybridized carbons (Fsp3) is 0.571. The van der Waals surface area contributed by atoms with Crippen LogP contribution in [0.5, 0.6) is 5.75 Å². The highest BCUT2D eigenvalue weighted by atomic mass is 16.5. The molecule has 0 aliphatic heterocycles. The van der Waals surface area contributed by atoms with E-state index in [1.807, 2.05) is 32.9 Å². The monoisotopic (exact) mass is 265 g/mol. The summed E-state index contributed by atoms with van der Waals surface area (Å²) in [5, 5.41) is 0. The van der Waals surface area contributed by atoms with Crippen LogP contribution in [0.2, 0.25) is 0 Å². The topological polar surface area (TPSA) is 68.5 Å². The Morgan fingerprint density at radius 1 is 1.42 bits per heavy atom. The van der Waals surface area contributed by atoms with Crippen LogP contribution in [-0.2, 0) is 11.2 Å². The molecule has 1 amide bonds. The summed E-state index contributed by atoms with van der Waals surface area (Å²) < 4.78 is 5.43. The van der Waals surface area contributed by atoms with Gasteiger partial charge >= 0.3 is 0 Å². The molecule has 106 valence electrons. The van der Waals surface area contributed by atoms with Gasteiger partial charge in [0.05, 0.1) is 6.20 Å². The molecule has 1 aromatic heterocycles. The first-order valence-electron chi connectivity index (χ1n) is 6.67. The summed E-state index contributed by atoms with van der Waals surface area (Å²) in [7, 11) is 0. The first kappa shape index (κ1) is 15.4. The Balaban J connectivity index is 2.47. The molecule has 1 rings (SSSR count). The molecule has 2 N–H and O–H groups in total. The number of hydrogen-bond donors (Lipinski definition) is 1. The molecule has 0 bridgehead atoms. The summed E-state index contributed by atoms with van der Waals surface area (Å²) in [5.74, 6) is 0.596. The smallest absolute Gasteiger partial charge is 0.260 e. The van der Waals surface area contributed by atoms with Gasteiger partial charge in [-0.3, -0.25) is 9.78 Å². The molecule has 5 heteroatoms. The highest BCUT2D eigenvalue weighted by Crippen LogP contribution is 2.10. The van der Waals surface area contributed by atoms with Gasteiger partial charge in [-0.15, -0.1) is 0 Å². The second-order valence-electron chi connectivity index (χ2n) is 4.52. The van der Waals surface area contributed by atoms with Gasteiger partial charge in [0, 0.05) is 31.2 Å². The van der Waals surface area contributed by atoms with E-state index in [1.165, 1.54) is 0 Å². The molecular weight excluding hydrogens is 242 g/mol. The third-order valence-electron chi connectivity index (χ3n) is 2.81. The van der Waals surface area contributed by atoms with Gasteiger partial charge in [-0.05, 0) is 32.9 Å². The molecule has 0 aliphatic carbocycles. The summed E-state index contributed by atoms with van der Waals surface area (Å²) in [6.07, 6.45) is 2.37. The van der Waals surface area contributed by atoms with Crippen molar-refractivity contribution in [3.05, 3.63) is 24.0 Å². The summed E-state index contributed by atoms with van der Waals surface area (Å²) in [4.78, 5) is 17.7. The third kappa shape index (κ3) is 5.26. The van der Waals surface area contributed by atoms with E-state index in [1.54, 1.807) is 11.1 Å². The summed E-state index contributed by atoms with van der Waals surface area (Å²) >= 11 is 0. The predicted octanol–water partition coefficient (Wildman–Crippen LogP) is 1.22. The number of pyridine rings is 1. The van der Waals surface area contributed by atoms with Crippen molar-refractivity contribution in [3.63, 3.8) is 0 Å². The van der Waals surface area contributed by atoms with Gasteiger partial charge in [0.25, 0.3) is 5.91 Å². The highest BCUT2D eigenvalue weighted by Gasteiger charge is 2.10. The minimum Gasteiger partial charge on any atom is -0.482 e. The molecule has 1 aromatic rings. The Labute approximate surface area is 114 Å². The zero-order valence-electron chi connectivity index (χ0n) is 11.9. The SMILES string of the molecule is CCN(CC)C(=O)COc1ccc(CC(C)N)nc1. The van der Waals surface area contributed by atoms with E-state index >= 15 is 0 Å². The molecule has 0 fully saturated rings. The van der Waals surface area contributed by atoms with Crippen molar-refractivity contribution < 1.29 is 9.53 Å². The zero-order chi connectivity index (χ0) is 14.3. The van der Waals surface area contributed by atoms with E-state index in [9.17, 15) is 4.79 Å². The number of hydrogen-bond acceptors (Lipinski definition) is 4. The van der Waals surface area contributed by atoms with Crippen LogP contribution in [-0.4, -0.2) is 41.5 Å². The summed E-state index contributed by atoms with van der Waals surface area (Å²) in [6, 6.07) is 3.78. The molecular formula is C14H23N3O2. The zero-order valence-corrected chi connectivity index (χ0v) is 11.9. The van der Waals surface area contributed by atoms with Crippen molar-refractivity contribution in [2.75, 3.05) is 19.7 Å². The Hall–Kier alpha value is -1.62. The molecule has 1 unspecified atom stereocenters. The van der Waals surface area contributed by atoms with Gasteiger partial charge in [0.1, 0.15) is 5.75 Å². The average molecular weight is 265 g/mol. The van der Waals surface area contributed by atoms with Gasteiger partial charge in [-0.25, -0.2) is 0 Å². The van der Waals surface area contributed by atoms with Gasteiger partial charge < -0.3 is 15.4 Å². The molecule has 1 heterocycles. The summed E-state index contributed by atoms with van der Waals surface area (Å²) in [6.45, 7) is 7.29. The van der Waals surface area contributed by atoms with Crippen LogP contribution in [0.4, 0.5) is 0 Å². The maximum atomic E-state index is 11.8. The number of likely N-dealkylation sites (N-methyl/N-ethyl adjacent to an activating group) is 1. The maximum absolute atomic E-state index is 11.8. The quantitative estimate of drug-likeness (QED) is 0.805. The van der Waals surface area contributed by atoms with Gasteiger partial charge in [0.2, 0.25) is 0 Å². The molecule has 0 saturated carbocycles. The number of carbonyl (C=O) groups is 1. The van der Waals surface area contributed by atoms with Crippen molar-refractivity contribution in [2.45, 2.75) is 33.2 Å². The average Bonchev–Trinajstić information content (AvgIpc) is 2.38. The van der Waals surface area contributed by atoms with Crippen LogP contribution in [0.15, 0.2) is 18.3 Å². The predicted molar refractivity (Wildman–Crippen MR) is 75.0 cm³/mol. The lowest BCUT2D eigenvalue weighted by Crippen LogP contribution is -2.34. The fourth-order valence-corrected chi connectivity index (χ4v) is 1.76. The normalized spacial score (nSPS) is 12.0. The van der Waals surface area contributed by atoms with Crippen LogP contribution in [0, 0.1) is 0 Å². The minimum absolute atomic E-state index is 0.00958. The van der Waals surface area contributed by atoms with Crippen molar-refractivity contribution in [2.24, 2.45) is 5.73 Å². The Bertz CT molecular complexity index is 386. The molecule has 0 aliphatic rings. The van der Waals surface area contributed by atoms with Crippen LogP contribution in [0.1, 0.15) is 26.5 Å². The second kappa shape index (κ2) is 7.74. The third-order valence-corrected chi connectivity index (χ3v) is 2.81. The lowest BCUT2D eigenvalue weighted by Gasteiger charge is -2.18. The van der Waals surface area contributed by atoms with Crippen LogP contribution in [0.25, 0.3) is 0 Å². The van der Waals surface area contributed by atoms with E-state index in [0.29, 0.717) is 18.8 Å². The fourth-order valence-electron chi connectivity index (χ4n) is 1.76. The van der Waals surface area contributed by atoms with E-state index in [2.05, 4.69) is 4.98 Å². The van der Waals surface area contributed by atoms with Gasteiger partial charge in [0.15, 0.2) is 6.61 Å². The first-order valence-corrected chi connectivity index (χ1v) is 6.67. The van der Waals surface area contributed by atoms with Crippen molar-refractivity contribution >= 4 is 5.91 Å². The molecule has 0 aromatic carbocycles. The Morgan fingerprint density at radius 2 is 2.11 bits per heavy atom. The number of amides is 1. The molecule has 0 spiro atoms. The van der Waals surface area contributed by atoms with Gasteiger partial charge in [-0.1, -0.05) is 0 Å². The lowest BCUT2D eigenvalue weighted by atomic mass is 10.2. The molecule has 0 saturated heterocycles. The summed E-state index contributed by atoms with van der Waals surface area (Å²) in [5.41, 5.74) is 6.63. The number of aromatic nitrogens is 1. The van der Waals surface area contributed by atoms with Gasteiger partial charge in [-0.2, -0.15) is 0 Å². The number of rotatable bonds is 7. The first-order chi connectivity index (χ1) is 9.06. The van der Waals surface area contributed by atoms with E-state index in [-0.39, 0.29) is 18.6 Å². The van der Waals surface area contributed by atoms with Crippen LogP contribution >= 0.6 is 0 Å². The van der Waals surface area contributed by atoms with E-state index in [4.69, 9.17) is 10.5 Å². The number of ether oxygens (including phenoxy) is 1. The lowest BCUT2D eigenvalue weighted by molar-refractivity contribution is -0.132. The minimum atomic E-state index is -0.00958. The van der Waals surface area contributed by atoms with Crippen molar-refractivity contribution in [3.8, 4) is 5.75 Å². The molecule has 1 atom stereocenters. The van der Waals surface area contributed by atoms with Crippen LogP contribution in [0.3, 0.4) is 0 Å². The molecule has 19 heavy (non-hydrogen) atoms. The highest BCUT2D eigenvalue weighted by molar-refractivity contribution is 5.77.